The van der Waals surface area contributed by atoms with E-state index in [1.807, 2.05) is 13.8 Å². The molecule has 0 aromatic carbocycles. The molecule has 80 valence electrons. The number of nitrogens with one attached hydrogen (secondary N) is 1. The average Bonchev–Trinajstić information content (AvgIpc) is 2.91. The van der Waals surface area contributed by atoms with Crippen LogP contribution >= 0.6 is 0 Å². The Morgan fingerprint density at radius 1 is 1.21 bits per heavy atom. The molecule has 1 aliphatic rings. The van der Waals surface area contributed by atoms with Crippen molar-refractivity contribution < 1.29 is 19.1 Å². The molecule has 0 aromatic rings. The van der Waals surface area contributed by atoms with Crippen LogP contribution in [0.15, 0.2) is 0 Å². The molecule has 1 N–H and O–H groups in total. The van der Waals surface area contributed by atoms with E-state index >= 15 is 0 Å². The molecular weight excluding hydrogens is 186 g/mol. The first kappa shape index (κ1) is 11.0. The molecule has 0 aromatic heterocycles. The summed E-state index contributed by atoms with van der Waals surface area (Å²) in [6.45, 7) is 3.84. The normalized spacial score (nSPS) is 23.1. The lowest BCUT2D eigenvalue weighted by Gasteiger charge is -2.11. The molecule has 5 nitrogen and oxygen atoms in total. The fraction of sp³-hybridized carbons (Fsp3) is 0.778. The number of ether oxygens (including phenoxy) is 2. The quantitative estimate of drug-likeness (QED) is 0.385. The van der Waals surface area contributed by atoms with Crippen LogP contribution in [0, 0.1) is 5.92 Å². The maximum atomic E-state index is 11.4. The molecule has 0 saturated carbocycles. The van der Waals surface area contributed by atoms with Gasteiger partial charge in [0.05, 0.1) is 20.3 Å². The number of carbonyl (C=O) groups is 2. The molecule has 1 saturated heterocycles. The summed E-state index contributed by atoms with van der Waals surface area (Å²) < 4.78 is 9.16. The second-order valence-electron chi connectivity index (χ2n) is 3.66. The summed E-state index contributed by atoms with van der Waals surface area (Å²) in [6, 6.07) is -0.192. The maximum Gasteiger partial charge on any atom is 0.339 e. The van der Waals surface area contributed by atoms with Crippen molar-refractivity contribution in [3.63, 3.8) is 0 Å². The van der Waals surface area contributed by atoms with Crippen molar-refractivity contribution in [2.75, 3.05) is 14.2 Å². The molecule has 0 radical (unpaired) electrons. The van der Waals surface area contributed by atoms with Crippen molar-refractivity contribution in [3.05, 3.63) is 0 Å². The minimum absolute atomic E-state index is 0.174. The molecule has 0 bridgehead atoms. The lowest BCUT2D eigenvalue weighted by molar-refractivity contribution is -0.156. The third-order valence-electron chi connectivity index (χ3n) is 2.45. The Morgan fingerprint density at radius 3 is 1.86 bits per heavy atom. The Bertz CT molecular complexity index is 246. The van der Waals surface area contributed by atoms with Crippen molar-refractivity contribution in [1.82, 2.24) is 5.32 Å². The monoisotopic (exact) mass is 201 g/mol. The first-order valence-corrected chi connectivity index (χ1v) is 4.45. The van der Waals surface area contributed by atoms with Crippen LogP contribution in [0.4, 0.5) is 0 Å². The van der Waals surface area contributed by atoms with Gasteiger partial charge in [0.1, 0.15) is 0 Å². The van der Waals surface area contributed by atoms with Gasteiger partial charge < -0.3 is 9.47 Å². The van der Waals surface area contributed by atoms with Crippen LogP contribution in [-0.2, 0) is 19.1 Å². The predicted octanol–water partition coefficient (Wildman–Crippen LogP) is -0.301. The highest BCUT2D eigenvalue weighted by Crippen LogP contribution is 2.34. The fourth-order valence-corrected chi connectivity index (χ4v) is 1.65. The first-order chi connectivity index (χ1) is 6.50. The van der Waals surface area contributed by atoms with Gasteiger partial charge in [-0.1, -0.05) is 13.8 Å². The first-order valence-electron chi connectivity index (χ1n) is 4.45. The average molecular weight is 201 g/mol. The van der Waals surface area contributed by atoms with Crippen molar-refractivity contribution >= 4 is 11.9 Å². The van der Waals surface area contributed by atoms with Gasteiger partial charge in [0, 0.05) is 0 Å². The van der Waals surface area contributed by atoms with Gasteiger partial charge in [-0.25, -0.2) is 9.59 Å². The molecule has 1 rings (SSSR count). The van der Waals surface area contributed by atoms with Gasteiger partial charge in [-0.05, 0) is 5.92 Å². The summed E-state index contributed by atoms with van der Waals surface area (Å²) in [7, 11) is 2.51. The highest BCUT2D eigenvalue weighted by Gasteiger charge is 2.68. The van der Waals surface area contributed by atoms with E-state index in [1.165, 1.54) is 14.2 Å². The molecular formula is C9H15NO4. The molecule has 1 heterocycles. The van der Waals surface area contributed by atoms with Gasteiger partial charge in [0.15, 0.2) is 0 Å². The smallest absolute Gasteiger partial charge is 0.339 e. The van der Waals surface area contributed by atoms with Crippen molar-refractivity contribution in [2.45, 2.75) is 25.4 Å². The van der Waals surface area contributed by atoms with Crippen LogP contribution in [0.2, 0.25) is 0 Å². The standard InChI is InChI=1S/C9H15NO4/c1-5(2)6-9(10-6,7(11)13-3)8(12)14-4/h5-6,10H,1-4H3/t6-/m1/s1. The number of hydrogen-bond donors (Lipinski definition) is 1. The zero-order chi connectivity index (χ0) is 10.9. The zero-order valence-corrected chi connectivity index (χ0v) is 8.79. The topological polar surface area (TPSA) is 74.5 Å². The molecule has 0 spiro atoms. The van der Waals surface area contributed by atoms with Crippen molar-refractivity contribution in [2.24, 2.45) is 5.92 Å². The van der Waals surface area contributed by atoms with E-state index < -0.39 is 17.5 Å². The summed E-state index contributed by atoms with van der Waals surface area (Å²) in [5.74, 6) is -0.987. The summed E-state index contributed by atoms with van der Waals surface area (Å²) in [4.78, 5) is 22.9. The second kappa shape index (κ2) is 3.57. The largest absolute Gasteiger partial charge is 0.467 e. The molecule has 0 amide bonds. The highest BCUT2D eigenvalue weighted by molar-refractivity contribution is 6.09. The van der Waals surface area contributed by atoms with Gasteiger partial charge in [0.25, 0.3) is 0 Å². The van der Waals surface area contributed by atoms with Crippen molar-refractivity contribution in [1.29, 1.82) is 0 Å². The van der Waals surface area contributed by atoms with E-state index in [2.05, 4.69) is 14.8 Å². The Labute approximate surface area is 82.8 Å². The maximum absolute atomic E-state index is 11.4. The highest BCUT2D eigenvalue weighted by atomic mass is 16.6. The van der Waals surface area contributed by atoms with E-state index in [9.17, 15) is 9.59 Å². The van der Waals surface area contributed by atoms with Crippen LogP contribution in [0.1, 0.15) is 13.8 Å². The van der Waals surface area contributed by atoms with Crippen molar-refractivity contribution in [3.8, 4) is 0 Å². The fourth-order valence-electron chi connectivity index (χ4n) is 1.65. The molecule has 0 aliphatic carbocycles. The summed E-state index contributed by atoms with van der Waals surface area (Å²) in [5.41, 5.74) is -1.27. The van der Waals surface area contributed by atoms with Gasteiger partial charge in [0.2, 0.25) is 5.54 Å². The number of esters is 2. The molecule has 0 unspecified atom stereocenters. The van der Waals surface area contributed by atoms with E-state index in [-0.39, 0.29) is 12.0 Å². The lowest BCUT2D eigenvalue weighted by atomic mass is 9.97. The SMILES string of the molecule is COC(=O)C1(C(=O)OC)N[C@@H]1C(C)C. The third kappa shape index (κ3) is 1.37. The number of hydrogen-bond acceptors (Lipinski definition) is 5. The van der Waals surface area contributed by atoms with E-state index in [0.29, 0.717) is 0 Å². The zero-order valence-electron chi connectivity index (χ0n) is 8.79. The van der Waals surface area contributed by atoms with Gasteiger partial charge in [-0.2, -0.15) is 0 Å². The van der Waals surface area contributed by atoms with Gasteiger partial charge in [-0.15, -0.1) is 0 Å². The van der Waals surface area contributed by atoms with E-state index in [0.717, 1.165) is 0 Å². The Balaban J connectivity index is 2.86. The summed E-state index contributed by atoms with van der Waals surface area (Å²) in [6.07, 6.45) is 0. The van der Waals surface area contributed by atoms with E-state index in [4.69, 9.17) is 0 Å². The predicted molar refractivity (Wildman–Crippen MR) is 48.5 cm³/mol. The van der Waals surface area contributed by atoms with Crippen LogP contribution < -0.4 is 5.32 Å². The van der Waals surface area contributed by atoms with Crippen LogP contribution in [0.25, 0.3) is 0 Å². The minimum atomic E-state index is -1.27. The van der Waals surface area contributed by atoms with Gasteiger partial charge in [-0.3, -0.25) is 5.32 Å². The Kier molecular flexibility index (Phi) is 2.80. The number of carbonyl (C=O) groups excluding carboxylic acids is 2. The van der Waals surface area contributed by atoms with Gasteiger partial charge >= 0.3 is 11.9 Å². The van der Waals surface area contributed by atoms with Crippen LogP contribution in [0.5, 0.6) is 0 Å². The molecule has 1 fully saturated rings. The Hall–Kier alpha value is -1.10. The lowest BCUT2D eigenvalue weighted by Crippen LogP contribution is -2.41. The second-order valence-corrected chi connectivity index (χ2v) is 3.66. The molecule has 14 heavy (non-hydrogen) atoms. The number of rotatable bonds is 3. The molecule has 5 heteroatoms. The summed E-state index contributed by atoms with van der Waals surface area (Å²) >= 11 is 0. The van der Waals surface area contributed by atoms with E-state index in [1.54, 1.807) is 0 Å². The number of methoxy groups -OCH3 is 2. The minimum Gasteiger partial charge on any atom is -0.467 e. The van der Waals surface area contributed by atoms with Crippen LogP contribution in [0.3, 0.4) is 0 Å². The third-order valence-corrected chi connectivity index (χ3v) is 2.45. The molecule has 1 aliphatic heterocycles. The Morgan fingerprint density at radius 2 is 1.64 bits per heavy atom. The molecule has 1 atom stereocenters. The van der Waals surface area contributed by atoms with Crippen LogP contribution in [-0.4, -0.2) is 37.7 Å². The summed E-state index contributed by atoms with van der Waals surface area (Å²) in [5, 5.41) is 2.83.